The van der Waals surface area contributed by atoms with Crippen molar-refractivity contribution in [2.24, 2.45) is 0 Å². The highest BCUT2D eigenvalue weighted by molar-refractivity contribution is 5.40. The van der Waals surface area contributed by atoms with Gasteiger partial charge >= 0.3 is 0 Å². The summed E-state index contributed by atoms with van der Waals surface area (Å²) in [5.41, 5.74) is 2.85. The van der Waals surface area contributed by atoms with Gasteiger partial charge < -0.3 is 29.9 Å². The van der Waals surface area contributed by atoms with E-state index >= 15 is 0 Å². The Morgan fingerprint density at radius 1 is 1.13 bits per heavy atom. The SMILES string of the molecule is COc1ccc(OCC(O)CN2CCC(O)CC2)c(CNCc2cc(F)ccc2C)c1. The minimum absolute atomic E-state index is 0.182. The monoisotopic (exact) mass is 432 g/mol. The predicted molar refractivity (Wildman–Crippen MR) is 118 cm³/mol. The lowest BCUT2D eigenvalue weighted by atomic mass is 10.1. The zero-order valence-corrected chi connectivity index (χ0v) is 18.3. The Bertz CT molecular complexity index is 840. The molecular formula is C24H33FN2O4. The van der Waals surface area contributed by atoms with Crippen molar-refractivity contribution in [2.45, 2.75) is 45.1 Å². The molecule has 0 amide bonds. The summed E-state index contributed by atoms with van der Waals surface area (Å²) >= 11 is 0. The van der Waals surface area contributed by atoms with Crippen molar-refractivity contribution in [3.8, 4) is 11.5 Å². The molecule has 7 heteroatoms. The lowest BCUT2D eigenvalue weighted by Gasteiger charge is -2.31. The van der Waals surface area contributed by atoms with Crippen LogP contribution in [0, 0.1) is 12.7 Å². The third-order valence-corrected chi connectivity index (χ3v) is 5.67. The van der Waals surface area contributed by atoms with Gasteiger partial charge in [0.2, 0.25) is 0 Å². The van der Waals surface area contributed by atoms with E-state index < -0.39 is 6.10 Å². The Labute approximate surface area is 183 Å². The van der Waals surface area contributed by atoms with Crippen LogP contribution in [0.1, 0.15) is 29.5 Å². The maximum absolute atomic E-state index is 13.5. The highest BCUT2D eigenvalue weighted by Gasteiger charge is 2.20. The summed E-state index contributed by atoms with van der Waals surface area (Å²) in [5.74, 6) is 1.15. The largest absolute Gasteiger partial charge is 0.497 e. The summed E-state index contributed by atoms with van der Waals surface area (Å²) < 4.78 is 24.8. The first-order valence-corrected chi connectivity index (χ1v) is 10.8. The highest BCUT2D eigenvalue weighted by Crippen LogP contribution is 2.25. The fourth-order valence-electron chi connectivity index (χ4n) is 3.76. The van der Waals surface area contributed by atoms with Crippen molar-refractivity contribution in [1.82, 2.24) is 10.2 Å². The summed E-state index contributed by atoms with van der Waals surface area (Å²) in [6.07, 6.45) is 0.641. The van der Waals surface area contributed by atoms with Crippen molar-refractivity contribution in [1.29, 1.82) is 0 Å². The smallest absolute Gasteiger partial charge is 0.124 e. The van der Waals surface area contributed by atoms with Crippen molar-refractivity contribution in [3.05, 3.63) is 58.9 Å². The molecule has 0 aliphatic carbocycles. The zero-order valence-electron chi connectivity index (χ0n) is 18.3. The molecule has 1 fully saturated rings. The van der Waals surface area contributed by atoms with Gasteiger partial charge in [0.1, 0.15) is 30.0 Å². The van der Waals surface area contributed by atoms with E-state index in [1.54, 1.807) is 19.2 Å². The molecule has 0 saturated carbocycles. The van der Waals surface area contributed by atoms with Crippen LogP contribution < -0.4 is 14.8 Å². The molecule has 31 heavy (non-hydrogen) atoms. The summed E-state index contributed by atoms with van der Waals surface area (Å²) in [5, 5.41) is 23.3. The number of ether oxygens (including phenoxy) is 2. The van der Waals surface area contributed by atoms with Crippen LogP contribution >= 0.6 is 0 Å². The van der Waals surface area contributed by atoms with Gasteiger partial charge in [-0.3, -0.25) is 0 Å². The van der Waals surface area contributed by atoms with Crippen LogP contribution in [-0.4, -0.2) is 60.7 Å². The van der Waals surface area contributed by atoms with E-state index in [1.165, 1.54) is 6.07 Å². The number of methoxy groups -OCH3 is 1. The Morgan fingerprint density at radius 2 is 1.87 bits per heavy atom. The van der Waals surface area contributed by atoms with Gasteiger partial charge in [-0.05, 0) is 61.2 Å². The molecule has 3 rings (SSSR count). The molecule has 0 bridgehead atoms. The van der Waals surface area contributed by atoms with Gasteiger partial charge in [-0.15, -0.1) is 0 Å². The molecule has 6 nitrogen and oxygen atoms in total. The number of aryl methyl sites for hydroxylation is 1. The standard InChI is InChI=1S/C24H33FN2O4/c1-17-3-4-20(25)11-18(17)13-26-14-19-12-23(30-2)5-6-24(19)31-16-22(29)15-27-9-7-21(28)8-10-27/h3-6,11-12,21-22,26,28-29H,7-10,13-16H2,1-2H3. The second kappa shape index (κ2) is 11.4. The van der Waals surface area contributed by atoms with E-state index in [0.29, 0.717) is 25.4 Å². The van der Waals surface area contributed by atoms with Gasteiger partial charge in [0.15, 0.2) is 0 Å². The molecule has 0 radical (unpaired) electrons. The number of β-amino-alcohol motifs (C(OH)–C–C–N with tert-alkyl or cyclic N) is 1. The third kappa shape index (κ3) is 7.18. The fraction of sp³-hybridized carbons (Fsp3) is 0.500. The first-order valence-electron chi connectivity index (χ1n) is 10.8. The van der Waals surface area contributed by atoms with E-state index in [1.807, 2.05) is 25.1 Å². The van der Waals surface area contributed by atoms with Crippen LogP contribution in [-0.2, 0) is 13.1 Å². The molecule has 1 saturated heterocycles. The van der Waals surface area contributed by atoms with E-state index in [2.05, 4.69) is 10.2 Å². The van der Waals surface area contributed by atoms with Gasteiger partial charge in [-0.25, -0.2) is 4.39 Å². The molecule has 1 atom stereocenters. The topological polar surface area (TPSA) is 74.2 Å². The van der Waals surface area contributed by atoms with Gasteiger partial charge in [-0.2, -0.15) is 0 Å². The number of nitrogens with zero attached hydrogens (tertiary/aromatic N) is 1. The number of hydrogen-bond acceptors (Lipinski definition) is 6. The Morgan fingerprint density at radius 3 is 2.61 bits per heavy atom. The Kier molecular flexibility index (Phi) is 8.66. The molecule has 1 aliphatic rings. The van der Waals surface area contributed by atoms with E-state index in [-0.39, 0.29) is 18.5 Å². The first-order chi connectivity index (χ1) is 14.9. The van der Waals surface area contributed by atoms with Crippen LogP contribution in [0.2, 0.25) is 0 Å². The third-order valence-electron chi connectivity index (χ3n) is 5.67. The maximum Gasteiger partial charge on any atom is 0.124 e. The lowest BCUT2D eigenvalue weighted by molar-refractivity contribution is 0.0336. The summed E-state index contributed by atoms with van der Waals surface area (Å²) in [6.45, 7) is 5.29. The van der Waals surface area contributed by atoms with Crippen molar-refractivity contribution in [3.63, 3.8) is 0 Å². The molecular weight excluding hydrogens is 399 g/mol. The summed E-state index contributed by atoms with van der Waals surface area (Å²) in [7, 11) is 1.61. The number of likely N-dealkylation sites (tertiary alicyclic amines) is 1. The summed E-state index contributed by atoms with van der Waals surface area (Å²) in [6, 6.07) is 10.3. The first kappa shape index (κ1) is 23.5. The van der Waals surface area contributed by atoms with Gasteiger partial charge in [0.05, 0.1) is 13.2 Å². The number of aliphatic hydroxyl groups is 2. The van der Waals surface area contributed by atoms with E-state index in [0.717, 1.165) is 48.4 Å². The Balaban J connectivity index is 1.55. The molecule has 0 aromatic heterocycles. The summed E-state index contributed by atoms with van der Waals surface area (Å²) in [4.78, 5) is 2.15. The van der Waals surface area contributed by atoms with Crippen molar-refractivity contribution in [2.75, 3.05) is 33.4 Å². The van der Waals surface area contributed by atoms with Crippen LogP contribution in [0.4, 0.5) is 4.39 Å². The number of piperidine rings is 1. The van der Waals surface area contributed by atoms with Crippen LogP contribution in [0.15, 0.2) is 36.4 Å². The van der Waals surface area contributed by atoms with Gasteiger partial charge in [0, 0.05) is 38.3 Å². The lowest BCUT2D eigenvalue weighted by Crippen LogP contribution is -2.41. The van der Waals surface area contributed by atoms with Gasteiger partial charge in [0.25, 0.3) is 0 Å². The second-order valence-electron chi connectivity index (χ2n) is 8.14. The maximum atomic E-state index is 13.5. The average Bonchev–Trinajstić information content (AvgIpc) is 2.76. The molecule has 1 heterocycles. The molecule has 1 aliphatic heterocycles. The normalized spacial score (nSPS) is 16.3. The fourth-order valence-corrected chi connectivity index (χ4v) is 3.76. The molecule has 2 aromatic rings. The number of benzene rings is 2. The molecule has 0 spiro atoms. The average molecular weight is 433 g/mol. The Hall–Kier alpha value is -2.19. The van der Waals surface area contributed by atoms with E-state index in [4.69, 9.17) is 9.47 Å². The molecule has 1 unspecified atom stereocenters. The zero-order chi connectivity index (χ0) is 22.2. The number of nitrogens with one attached hydrogen (secondary N) is 1. The van der Waals surface area contributed by atoms with E-state index in [9.17, 15) is 14.6 Å². The highest BCUT2D eigenvalue weighted by atomic mass is 19.1. The number of hydrogen-bond donors (Lipinski definition) is 3. The second-order valence-corrected chi connectivity index (χ2v) is 8.14. The minimum Gasteiger partial charge on any atom is -0.497 e. The predicted octanol–water partition coefficient (Wildman–Crippen LogP) is 2.63. The van der Waals surface area contributed by atoms with Gasteiger partial charge in [-0.1, -0.05) is 6.07 Å². The number of halogens is 1. The molecule has 3 N–H and O–H groups in total. The molecule has 170 valence electrons. The molecule has 2 aromatic carbocycles. The van der Waals surface area contributed by atoms with Crippen molar-refractivity contribution >= 4 is 0 Å². The van der Waals surface area contributed by atoms with Crippen LogP contribution in [0.25, 0.3) is 0 Å². The van der Waals surface area contributed by atoms with Crippen LogP contribution in [0.3, 0.4) is 0 Å². The quantitative estimate of drug-likeness (QED) is 0.536. The number of rotatable bonds is 10. The van der Waals surface area contributed by atoms with Crippen molar-refractivity contribution < 1.29 is 24.1 Å². The van der Waals surface area contributed by atoms with Crippen LogP contribution in [0.5, 0.6) is 11.5 Å². The minimum atomic E-state index is -0.618. The number of aliphatic hydroxyl groups excluding tert-OH is 2.